The molecule has 94 valence electrons. The minimum atomic E-state index is -0.0610. The van der Waals surface area contributed by atoms with Gasteiger partial charge in [-0.25, -0.2) is 0 Å². The Hall–Kier alpha value is -1.23. The van der Waals surface area contributed by atoms with Gasteiger partial charge >= 0.3 is 0 Å². The average Bonchev–Trinajstić information content (AvgIpc) is 2.23. The van der Waals surface area contributed by atoms with Crippen LogP contribution in [0.4, 0.5) is 0 Å². The van der Waals surface area contributed by atoms with E-state index in [2.05, 4.69) is 11.9 Å². The van der Waals surface area contributed by atoms with Gasteiger partial charge in [-0.2, -0.15) is 0 Å². The van der Waals surface area contributed by atoms with Crippen LogP contribution in [-0.2, 0) is 4.74 Å². The largest absolute Gasteiger partial charge is 0.497 e. The highest BCUT2D eigenvalue weighted by Gasteiger charge is 2.09. The van der Waals surface area contributed by atoms with Crippen molar-refractivity contribution in [1.82, 2.24) is 0 Å². The van der Waals surface area contributed by atoms with Crippen molar-refractivity contribution in [3.8, 4) is 0 Å². The second kappa shape index (κ2) is 9.03. The predicted octanol–water partition coefficient (Wildman–Crippen LogP) is 0.698. The summed E-state index contributed by atoms with van der Waals surface area (Å²) in [5.74, 6) is 0.998. The van der Waals surface area contributed by atoms with Gasteiger partial charge in [-0.1, -0.05) is 6.92 Å². The summed E-state index contributed by atoms with van der Waals surface area (Å²) >= 11 is 0. The zero-order chi connectivity index (χ0) is 12.4. The topological polar surface area (TPSA) is 99.6 Å². The maximum Gasteiger partial charge on any atom is 0.185 e. The molecule has 0 amide bonds. The van der Waals surface area contributed by atoms with Crippen molar-refractivity contribution in [3.05, 3.63) is 11.8 Å². The third kappa shape index (κ3) is 7.11. The minimum absolute atomic E-state index is 0.0610. The Morgan fingerprint density at radius 2 is 2.06 bits per heavy atom. The van der Waals surface area contributed by atoms with Crippen molar-refractivity contribution in [3.63, 3.8) is 0 Å². The third-order valence-electron chi connectivity index (χ3n) is 2.05. The fourth-order valence-electron chi connectivity index (χ4n) is 1.35. The molecule has 16 heavy (non-hydrogen) atoms. The van der Waals surface area contributed by atoms with Crippen LogP contribution < -0.4 is 17.2 Å². The number of nitrogens with zero attached hydrogens (tertiary/aromatic N) is 1. The Balaban J connectivity index is 3.96. The summed E-state index contributed by atoms with van der Waals surface area (Å²) in [6.45, 7) is 5.27. The lowest BCUT2D eigenvalue weighted by molar-refractivity contribution is 0.204. The van der Waals surface area contributed by atoms with Crippen LogP contribution in [-0.4, -0.2) is 25.2 Å². The molecule has 0 aliphatic rings. The summed E-state index contributed by atoms with van der Waals surface area (Å²) in [6, 6.07) is -0.0610. The number of hydrogen-bond acceptors (Lipinski definition) is 3. The number of aliphatic imine (C=N–C) groups is 1. The molecule has 0 aliphatic carbocycles. The first-order chi connectivity index (χ1) is 7.61. The number of hydrogen-bond donors (Lipinski definition) is 3. The summed E-state index contributed by atoms with van der Waals surface area (Å²) in [6.07, 6.45) is 4.63. The van der Waals surface area contributed by atoms with Crippen molar-refractivity contribution in [2.75, 3.05) is 13.2 Å². The van der Waals surface area contributed by atoms with E-state index in [1.165, 1.54) is 0 Å². The minimum Gasteiger partial charge on any atom is -0.497 e. The number of nitrogens with two attached hydrogens (primary N) is 3. The second-order valence-corrected chi connectivity index (χ2v) is 3.50. The van der Waals surface area contributed by atoms with Gasteiger partial charge in [0.15, 0.2) is 5.96 Å². The van der Waals surface area contributed by atoms with E-state index in [0.717, 1.165) is 25.0 Å². The van der Waals surface area contributed by atoms with Crippen LogP contribution in [0.25, 0.3) is 0 Å². The van der Waals surface area contributed by atoms with Gasteiger partial charge in [0, 0.05) is 6.54 Å². The summed E-state index contributed by atoms with van der Waals surface area (Å²) in [5.41, 5.74) is 16.5. The highest BCUT2D eigenvalue weighted by atomic mass is 16.5. The molecule has 0 bridgehead atoms. The van der Waals surface area contributed by atoms with Crippen molar-refractivity contribution >= 4 is 5.96 Å². The first-order valence-electron chi connectivity index (χ1n) is 5.75. The highest BCUT2D eigenvalue weighted by Crippen LogP contribution is 2.09. The van der Waals surface area contributed by atoms with E-state index in [-0.39, 0.29) is 12.0 Å². The molecule has 0 heterocycles. The summed E-state index contributed by atoms with van der Waals surface area (Å²) in [4.78, 5) is 3.90. The van der Waals surface area contributed by atoms with Gasteiger partial charge in [-0.15, -0.1) is 0 Å². The fraction of sp³-hybridized carbons (Fsp3) is 0.727. The standard InChI is InChI=1S/C11H24N4O/c1-3-6-10(16-4-2)9(12)7-5-8-15-11(13)14/h6,9H,3-5,7-8,12H2,1-2H3,(H4,13,14,15)/b10-6-. The lowest BCUT2D eigenvalue weighted by Gasteiger charge is -2.15. The van der Waals surface area contributed by atoms with E-state index in [1.807, 2.05) is 13.0 Å². The molecular formula is C11H24N4O. The van der Waals surface area contributed by atoms with Gasteiger partial charge in [0.05, 0.1) is 12.6 Å². The lowest BCUT2D eigenvalue weighted by Crippen LogP contribution is -2.25. The van der Waals surface area contributed by atoms with Crippen LogP contribution in [0.15, 0.2) is 16.8 Å². The van der Waals surface area contributed by atoms with E-state index in [9.17, 15) is 0 Å². The molecule has 0 aromatic carbocycles. The van der Waals surface area contributed by atoms with Crippen LogP contribution in [0, 0.1) is 0 Å². The molecule has 0 saturated heterocycles. The Bertz CT molecular complexity index is 234. The van der Waals surface area contributed by atoms with Crippen LogP contribution in [0.1, 0.15) is 33.1 Å². The predicted molar refractivity (Wildman–Crippen MR) is 67.9 cm³/mol. The SMILES string of the molecule is CC/C=C(\OCC)C(N)CCCN=C(N)N. The molecule has 0 spiro atoms. The lowest BCUT2D eigenvalue weighted by atomic mass is 10.1. The first-order valence-corrected chi connectivity index (χ1v) is 5.75. The van der Waals surface area contributed by atoms with Crippen LogP contribution in [0.2, 0.25) is 0 Å². The zero-order valence-corrected chi connectivity index (χ0v) is 10.3. The Morgan fingerprint density at radius 3 is 2.56 bits per heavy atom. The van der Waals surface area contributed by atoms with E-state index < -0.39 is 0 Å². The van der Waals surface area contributed by atoms with Gasteiger partial charge in [0.1, 0.15) is 5.76 Å². The van der Waals surface area contributed by atoms with Crippen molar-refractivity contribution in [2.24, 2.45) is 22.2 Å². The Labute approximate surface area is 97.7 Å². The normalized spacial score (nSPS) is 13.3. The van der Waals surface area contributed by atoms with Crippen molar-refractivity contribution < 1.29 is 4.74 Å². The van der Waals surface area contributed by atoms with Crippen molar-refractivity contribution in [2.45, 2.75) is 39.2 Å². The van der Waals surface area contributed by atoms with E-state index in [0.29, 0.717) is 13.2 Å². The molecule has 0 saturated carbocycles. The number of ether oxygens (including phenoxy) is 1. The maximum atomic E-state index is 6.00. The molecule has 1 unspecified atom stereocenters. The Kier molecular flexibility index (Phi) is 8.34. The number of allylic oxidation sites excluding steroid dienone is 1. The fourth-order valence-corrected chi connectivity index (χ4v) is 1.35. The molecule has 0 radical (unpaired) electrons. The molecule has 0 aromatic rings. The molecular weight excluding hydrogens is 204 g/mol. The highest BCUT2D eigenvalue weighted by molar-refractivity contribution is 5.75. The van der Waals surface area contributed by atoms with E-state index >= 15 is 0 Å². The molecule has 1 atom stereocenters. The molecule has 5 nitrogen and oxygen atoms in total. The number of rotatable bonds is 8. The molecule has 0 aliphatic heterocycles. The van der Waals surface area contributed by atoms with E-state index in [4.69, 9.17) is 21.9 Å². The smallest absolute Gasteiger partial charge is 0.185 e. The molecule has 5 heteroatoms. The molecule has 6 N–H and O–H groups in total. The van der Waals surface area contributed by atoms with E-state index in [1.54, 1.807) is 0 Å². The van der Waals surface area contributed by atoms with Crippen molar-refractivity contribution in [1.29, 1.82) is 0 Å². The molecule has 0 fully saturated rings. The molecule has 0 aromatic heterocycles. The number of guanidine groups is 1. The summed E-state index contributed by atoms with van der Waals surface area (Å²) < 4.78 is 5.47. The first kappa shape index (κ1) is 14.8. The zero-order valence-electron chi connectivity index (χ0n) is 10.3. The average molecular weight is 228 g/mol. The van der Waals surface area contributed by atoms with Crippen LogP contribution in [0.3, 0.4) is 0 Å². The van der Waals surface area contributed by atoms with Gasteiger partial charge in [-0.05, 0) is 32.3 Å². The summed E-state index contributed by atoms with van der Waals surface area (Å²) in [7, 11) is 0. The van der Waals surface area contributed by atoms with Gasteiger partial charge in [0.25, 0.3) is 0 Å². The maximum absolute atomic E-state index is 6.00. The van der Waals surface area contributed by atoms with Gasteiger partial charge in [0.2, 0.25) is 0 Å². The Morgan fingerprint density at radius 1 is 1.38 bits per heavy atom. The quantitative estimate of drug-likeness (QED) is 0.246. The molecule has 0 rings (SSSR count). The monoisotopic (exact) mass is 228 g/mol. The van der Waals surface area contributed by atoms with Gasteiger partial charge < -0.3 is 21.9 Å². The van der Waals surface area contributed by atoms with Crippen LogP contribution >= 0.6 is 0 Å². The second-order valence-electron chi connectivity index (χ2n) is 3.50. The third-order valence-corrected chi connectivity index (χ3v) is 2.05. The summed E-state index contributed by atoms with van der Waals surface area (Å²) in [5, 5.41) is 0. The van der Waals surface area contributed by atoms with Gasteiger partial charge in [-0.3, -0.25) is 4.99 Å². The van der Waals surface area contributed by atoms with Crippen LogP contribution in [0.5, 0.6) is 0 Å².